The Morgan fingerprint density at radius 3 is 2.39 bits per heavy atom. The number of aliphatic imine (C=N–C) groups is 1. The highest BCUT2D eigenvalue weighted by Crippen LogP contribution is 2.28. The van der Waals surface area contributed by atoms with Gasteiger partial charge in [0.2, 0.25) is 0 Å². The molecule has 2 aromatic carbocycles. The predicted molar refractivity (Wildman–Crippen MR) is 151 cm³/mol. The number of hydrogen-bond acceptors (Lipinski definition) is 6. The Bertz CT molecular complexity index is 925. The number of unbranched alkanes of at least 4 members (excludes halogenated alkanes) is 1. The van der Waals surface area contributed by atoms with Gasteiger partial charge in [-0.05, 0) is 45.0 Å². The van der Waals surface area contributed by atoms with Gasteiger partial charge >= 0.3 is 0 Å². The van der Waals surface area contributed by atoms with Gasteiger partial charge in [0, 0.05) is 63.9 Å². The van der Waals surface area contributed by atoms with Gasteiger partial charge in [-0.15, -0.1) is 0 Å². The topological polar surface area (TPSA) is 78.0 Å². The Morgan fingerprint density at radius 2 is 1.86 bits per heavy atom. The molecule has 7 nitrogen and oxygen atoms in total. The number of aldehydes is 1. The third-order valence-electron chi connectivity index (χ3n) is 5.96. The van der Waals surface area contributed by atoms with Crippen LogP contribution in [0.25, 0.3) is 0 Å². The Balaban J connectivity index is 0.000000482. The van der Waals surface area contributed by atoms with Crippen molar-refractivity contribution in [2.45, 2.75) is 58.2 Å². The van der Waals surface area contributed by atoms with Crippen LogP contribution in [0.4, 0.5) is 5.69 Å². The molecule has 3 N–H and O–H groups in total. The summed E-state index contributed by atoms with van der Waals surface area (Å²) < 4.78 is 6.24. The van der Waals surface area contributed by atoms with E-state index in [1.54, 1.807) is 6.07 Å². The summed E-state index contributed by atoms with van der Waals surface area (Å²) >= 11 is 0. The second-order valence-electron chi connectivity index (χ2n) is 9.57. The quantitative estimate of drug-likeness (QED) is 0.255. The van der Waals surface area contributed by atoms with Gasteiger partial charge in [0.15, 0.2) is 6.29 Å². The maximum Gasteiger partial charge on any atom is 0.152 e. The number of piperazine rings is 1. The number of likely N-dealkylation sites (N-methyl/N-ethyl adjacent to an activating group) is 1. The monoisotopic (exact) mass is 495 g/mol. The van der Waals surface area contributed by atoms with E-state index in [4.69, 9.17) is 9.73 Å². The van der Waals surface area contributed by atoms with Crippen molar-refractivity contribution in [3.63, 3.8) is 0 Å². The summed E-state index contributed by atoms with van der Waals surface area (Å²) in [6.45, 7) is 9.46. The van der Waals surface area contributed by atoms with Crippen LogP contribution in [-0.4, -0.2) is 69.9 Å². The number of benzene rings is 2. The van der Waals surface area contributed by atoms with Crippen LogP contribution < -0.4 is 20.7 Å². The van der Waals surface area contributed by atoms with E-state index >= 15 is 0 Å². The maximum atomic E-state index is 11.5. The zero-order chi connectivity index (χ0) is 26.3. The molecule has 1 saturated heterocycles. The highest BCUT2D eigenvalue weighted by atomic mass is 16.5. The van der Waals surface area contributed by atoms with Gasteiger partial charge in [-0.25, -0.2) is 4.99 Å². The van der Waals surface area contributed by atoms with Gasteiger partial charge < -0.3 is 25.6 Å². The zero-order valence-corrected chi connectivity index (χ0v) is 22.9. The van der Waals surface area contributed by atoms with Crippen LogP contribution in [0.3, 0.4) is 0 Å². The van der Waals surface area contributed by atoms with Crippen LogP contribution in [0.15, 0.2) is 53.5 Å². The molecule has 0 radical (unpaired) electrons. The molecule has 1 aliphatic rings. The summed E-state index contributed by atoms with van der Waals surface area (Å²) in [7, 11) is 5.86. The van der Waals surface area contributed by atoms with E-state index in [0.717, 1.165) is 50.0 Å². The van der Waals surface area contributed by atoms with Crippen molar-refractivity contribution in [3.8, 4) is 5.75 Å². The number of carbonyl (C=O) groups is 1. The van der Waals surface area contributed by atoms with Crippen molar-refractivity contribution >= 4 is 17.8 Å². The second-order valence-corrected chi connectivity index (χ2v) is 9.57. The minimum Gasteiger partial charge on any atom is -0.484 e. The SMILES string of the molecule is CC1CNCC(C)N1.CCCCC(=Nc1cc(OC(CNC)c2ccccc2)ccc1C=O)N(C)C. The van der Waals surface area contributed by atoms with E-state index in [0.29, 0.717) is 35.6 Å². The third-order valence-corrected chi connectivity index (χ3v) is 5.96. The number of amidine groups is 1. The van der Waals surface area contributed by atoms with E-state index in [2.05, 4.69) is 48.9 Å². The van der Waals surface area contributed by atoms with Crippen LogP contribution in [0, 0.1) is 0 Å². The molecule has 1 fully saturated rings. The summed E-state index contributed by atoms with van der Waals surface area (Å²) in [4.78, 5) is 18.3. The lowest BCUT2D eigenvalue weighted by Crippen LogP contribution is -2.52. The molecular formula is C29H45N5O2. The fourth-order valence-electron chi connectivity index (χ4n) is 4.01. The van der Waals surface area contributed by atoms with Crippen LogP contribution in [-0.2, 0) is 0 Å². The van der Waals surface area contributed by atoms with E-state index in [-0.39, 0.29) is 6.10 Å². The number of ether oxygens (including phenoxy) is 1. The Hall–Kier alpha value is -2.74. The van der Waals surface area contributed by atoms with Crippen LogP contribution >= 0.6 is 0 Å². The average Bonchev–Trinajstić information content (AvgIpc) is 2.87. The molecule has 3 rings (SSSR count). The third kappa shape index (κ3) is 10.1. The standard InChI is InChI=1S/C23H31N3O2.C6H14N2/c1-5-6-12-23(26(3)4)25-21-15-20(14-13-19(21)17-27)28-22(16-24-2)18-10-8-7-9-11-18;1-5-3-7-4-6(2)8-5/h7-11,13-15,17,22,24H,5-6,12,16H2,1-4H3;5-8H,3-4H2,1-2H3. The second kappa shape index (κ2) is 16.1. The smallest absolute Gasteiger partial charge is 0.152 e. The summed E-state index contributed by atoms with van der Waals surface area (Å²) in [5.41, 5.74) is 2.30. The Kier molecular flexibility index (Phi) is 13.2. The molecular weight excluding hydrogens is 450 g/mol. The molecule has 2 aromatic rings. The minimum absolute atomic E-state index is 0.126. The molecule has 0 spiro atoms. The highest BCUT2D eigenvalue weighted by molar-refractivity contribution is 5.90. The number of hydrogen-bond donors (Lipinski definition) is 3. The van der Waals surface area contributed by atoms with Gasteiger partial charge in [-0.1, -0.05) is 43.7 Å². The number of carbonyl (C=O) groups excluding carboxylic acids is 1. The minimum atomic E-state index is -0.126. The molecule has 0 amide bonds. The van der Waals surface area contributed by atoms with Crippen molar-refractivity contribution in [3.05, 3.63) is 59.7 Å². The first-order valence-electron chi connectivity index (χ1n) is 13.0. The number of nitrogens with zero attached hydrogens (tertiary/aromatic N) is 2. The van der Waals surface area contributed by atoms with Crippen LogP contribution in [0.2, 0.25) is 0 Å². The highest BCUT2D eigenvalue weighted by Gasteiger charge is 2.14. The fraction of sp³-hybridized carbons (Fsp3) is 0.517. The average molecular weight is 496 g/mol. The van der Waals surface area contributed by atoms with E-state index in [9.17, 15) is 4.79 Å². The molecule has 1 heterocycles. The largest absolute Gasteiger partial charge is 0.484 e. The van der Waals surface area contributed by atoms with Gasteiger partial charge in [0.1, 0.15) is 17.7 Å². The normalized spacial score (nSPS) is 18.6. The first-order valence-corrected chi connectivity index (χ1v) is 13.0. The van der Waals surface area contributed by atoms with Crippen molar-refractivity contribution in [1.29, 1.82) is 0 Å². The van der Waals surface area contributed by atoms with Gasteiger partial charge in [-0.2, -0.15) is 0 Å². The molecule has 1 aliphatic heterocycles. The molecule has 3 unspecified atom stereocenters. The maximum absolute atomic E-state index is 11.5. The number of rotatable bonds is 10. The molecule has 3 atom stereocenters. The van der Waals surface area contributed by atoms with Crippen LogP contribution in [0.5, 0.6) is 5.75 Å². The van der Waals surface area contributed by atoms with Gasteiger partial charge in [0.25, 0.3) is 0 Å². The lowest BCUT2D eigenvalue weighted by atomic mass is 10.1. The Labute approximate surface area is 217 Å². The molecule has 0 aromatic heterocycles. The van der Waals surface area contributed by atoms with Gasteiger partial charge in [-0.3, -0.25) is 4.79 Å². The molecule has 36 heavy (non-hydrogen) atoms. The van der Waals surface area contributed by atoms with E-state index in [1.807, 2.05) is 56.4 Å². The van der Waals surface area contributed by atoms with Crippen molar-refractivity contribution in [2.75, 3.05) is 40.8 Å². The van der Waals surface area contributed by atoms with E-state index in [1.165, 1.54) is 0 Å². The Morgan fingerprint density at radius 1 is 1.17 bits per heavy atom. The summed E-state index contributed by atoms with van der Waals surface area (Å²) in [6, 6.07) is 16.9. The molecule has 7 heteroatoms. The van der Waals surface area contributed by atoms with Crippen LogP contribution in [0.1, 0.15) is 62.1 Å². The lowest BCUT2D eigenvalue weighted by Gasteiger charge is -2.26. The van der Waals surface area contributed by atoms with Crippen molar-refractivity contribution in [1.82, 2.24) is 20.9 Å². The zero-order valence-electron chi connectivity index (χ0n) is 22.9. The molecule has 0 bridgehead atoms. The van der Waals surface area contributed by atoms with Crippen molar-refractivity contribution < 1.29 is 9.53 Å². The first-order chi connectivity index (χ1) is 17.4. The predicted octanol–water partition coefficient (Wildman–Crippen LogP) is 4.58. The first kappa shape index (κ1) is 29.5. The summed E-state index contributed by atoms with van der Waals surface area (Å²) in [5, 5.41) is 9.92. The van der Waals surface area contributed by atoms with E-state index < -0.39 is 0 Å². The fourth-order valence-corrected chi connectivity index (χ4v) is 4.01. The number of nitrogens with one attached hydrogen (secondary N) is 3. The summed E-state index contributed by atoms with van der Waals surface area (Å²) in [5.74, 6) is 1.65. The molecule has 0 aliphatic carbocycles. The summed E-state index contributed by atoms with van der Waals surface area (Å²) in [6.07, 6.45) is 3.75. The molecule has 0 saturated carbocycles. The lowest BCUT2D eigenvalue weighted by molar-refractivity contribution is 0.112. The van der Waals surface area contributed by atoms with Crippen molar-refractivity contribution in [2.24, 2.45) is 4.99 Å². The van der Waals surface area contributed by atoms with Gasteiger partial charge in [0.05, 0.1) is 5.69 Å². The molecule has 198 valence electrons.